The molecule has 4 nitrogen and oxygen atoms in total. The van der Waals surface area contributed by atoms with Gasteiger partial charge in [0.15, 0.2) is 5.82 Å². The standard InChI is InChI=1S/C15H23N3O/c1-3-9-16-14-11-5-4-6-12(11)17-15(18-14)13(19-2)10-7-8-10/h10,13H,3-9H2,1-2H3,(H,16,17,18). The first-order valence-electron chi connectivity index (χ1n) is 7.49. The van der Waals surface area contributed by atoms with Crippen molar-refractivity contribution in [3.63, 3.8) is 0 Å². The highest BCUT2D eigenvalue weighted by Crippen LogP contribution is 2.42. The van der Waals surface area contributed by atoms with Crippen molar-refractivity contribution in [3.8, 4) is 0 Å². The lowest BCUT2D eigenvalue weighted by Crippen LogP contribution is -2.14. The molecule has 0 amide bonds. The van der Waals surface area contributed by atoms with E-state index in [-0.39, 0.29) is 6.10 Å². The third kappa shape index (κ3) is 2.59. The average Bonchev–Trinajstić information content (AvgIpc) is 3.13. The van der Waals surface area contributed by atoms with E-state index < -0.39 is 0 Å². The Hall–Kier alpha value is -1.16. The van der Waals surface area contributed by atoms with Crippen molar-refractivity contribution in [3.05, 3.63) is 17.1 Å². The van der Waals surface area contributed by atoms with Crippen molar-refractivity contribution in [1.82, 2.24) is 9.97 Å². The third-order valence-electron chi connectivity index (χ3n) is 4.05. The summed E-state index contributed by atoms with van der Waals surface area (Å²) >= 11 is 0. The summed E-state index contributed by atoms with van der Waals surface area (Å²) in [5.41, 5.74) is 2.58. The molecule has 1 fully saturated rings. The van der Waals surface area contributed by atoms with Crippen molar-refractivity contribution in [2.45, 2.75) is 51.6 Å². The van der Waals surface area contributed by atoms with Gasteiger partial charge in [-0.05, 0) is 44.4 Å². The molecule has 3 rings (SSSR count). The zero-order chi connectivity index (χ0) is 13.2. The number of hydrogen-bond acceptors (Lipinski definition) is 4. The van der Waals surface area contributed by atoms with Gasteiger partial charge in [0.25, 0.3) is 0 Å². The monoisotopic (exact) mass is 261 g/mol. The molecule has 1 aromatic rings. The van der Waals surface area contributed by atoms with E-state index in [0.29, 0.717) is 5.92 Å². The molecule has 19 heavy (non-hydrogen) atoms. The normalized spacial score (nSPS) is 19.3. The first kappa shape index (κ1) is 12.9. The Balaban J connectivity index is 1.91. The molecular weight excluding hydrogens is 238 g/mol. The van der Waals surface area contributed by atoms with Crippen molar-refractivity contribution < 1.29 is 4.74 Å². The number of aryl methyl sites for hydroxylation is 1. The molecule has 1 N–H and O–H groups in total. The Kier molecular flexibility index (Phi) is 3.69. The number of aromatic nitrogens is 2. The number of methoxy groups -OCH3 is 1. The van der Waals surface area contributed by atoms with Crippen molar-refractivity contribution in [1.29, 1.82) is 0 Å². The summed E-state index contributed by atoms with van der Waals surface area (Å²) in [5, 5.41) is 3.47. The highest BCUT2D eigenvalue weighted by molar-refractivity contribution is 5.49. The molecule has 0 aromatic carbocycles. The predicted molar refractivity (Wildman–Crippen MR) is 75.3 cm³/mol. The lowest BCUT2D eigenvalue weighted by Gasteiger charge is -2.17. The summed E-state index contributed by atoms with van der Waals surface area (Å²) in [4.78, 5) is 9.55. The minimum atomic E-state index is 0.0908. The van der Waals surface area contributed by atoms with Crippen LogP contribution in [0.1, 0.15) is 55.8 Å². The Morgan fingerprint density at radius 3 is 2.84 bits per heavy atom. The van der Waals surface area contributed by atoms with Gasteiger partial charge < -0.3 is 10.1 Å². The number of ether oxygens (including phenoxy) is 1. The van der Waals surface area contributed by atoms with Gasteiger partial charge in [0.05, 0.1) is 0 Å². The van der Waals surface area contributed by atoms with Gasteiger partial charge in [-0.2, -0.15) is 0 Å². The highest BCUT2D eigenvalue weighted by Gasteiger charge is 2.35. The van der Waals surface area contributed by atoms with E-state index in [9.17, 15) is 0 Å². The molecule has 1 aromatic heterocycles. The zero-order valence-electron chi connectivity index (χ0n) is 11.9. The fraction of sp³-hybridized carbons (Fsp3) is 0.733. The molecule has 0 radical (unpaired) electrons. The Morgan fingerprint density at radius 2 is 2.16 bits per heavy atom. The number of anilines is 1. The molecule has 1 unspecified atom stereocenters. The van der Waals surface area contributed by atoms with Crippen LogP contribution in [0.5, 0.6) is 0 Å². The smallest absolute Gasteiger partial charge is 0.160 e. The lowest BCUT2D eigenvalue weighted by molar-refractivity contribution is 0.0771. The second-order valence-corrected chi connectivity index (χ2v) is 5.63. The van der Waals surface area contributed by atoms with Crippen LogP contribution in [0.3, 0.4) is 0 Å². The first-order chi connectivity index (χ1) is 9.33. The van der Waals surface area contributed by atoms with Crippen LogP contribution in [0.15, 0.2) is 0 Å². The zero-order valence-corrected chi connectivity index (χ0v) is 11.9. The molecule has 1 saturated carbocycles. The van der Waals surface area contributed by atoms with Gasteiger partial charge in [0, 0.05) is 24.9 Å². The highest BCUT2D eigenvalue weighted by atomic mass is 16.5. The maximum Gasteiger partial charge on any atom is 0.160 e. The average molecular weight is 261 g/mol. The van der Waals surface area contributed by atoms with Crippen LogP contribution < -0.4 is 5.32 Å². The van der Waals surface area contributed by atoms with Gasteiger partial charge in [-0.15, -0.1) is 0 Å². The second-order valence-electron chi connectivity index (χ2n) is 5.63. The largest absolute Gasteiger partial charge is 0.373 e. The van der Waals surface area contributed by atoms with Gasteiger partial charge in [-0.25, -0.2) is 9.97 Å². The van der Waals surface area contributed by atoms with Crippen LogP contribution in [-0.2, 0) is 17.6 Å². The van der Waals surface area contributed by atoms with E-state index in [1.54, 1.807) is 7.11 Å². The van der Waals surface area contributed by atoms with Crippen LogP contribution in [0, 0.1) is 5.92 Å². The van der Waals surface area contributed by atoms with Gasteiger partial charge in [-0.1, -0.05) is 6.92 Å². The maximum absolute atomic E-state index is 5.63. The Bertz CT molecular complexity index is 457. The predicted octanol–water partition coefficient (Wildman–Crippen LogP) is 2.88. The Morgan fingerprint density at radius 1 is 1.32 bits per heavy atom. The van der Waals surface area contributed by atoms with Crippen LogP contribution in [0.4, 0.5) is 5.82 Å². The minimum Gasteiger partial charge on any atom is -0.373 e. The molecule has 1 heterocycles. The van der Waals surface area contributed by atoms with E-state index in [1.807, 2.05) is 0 Å². The van der Waals surface area contributed by atoms with Crippen LogP contribution in [0.2, 0.25) is 0 Å². The van der Waals surface area contributed by atoms with Crippen LogP contribution >= 0.6 is 0 Å². The van der Waals surface area contributed by atoms with Gasteiger partial charge in [0.2, 0.25) is 0 Å². The molecule has 0 spiro atoms. The molecule has 4 heteroatoms. The minimum absolute atomic E-state index is 0.0908. The molecule has 2 aliphatic carbocycles. The topological polar surface area (TPSA) is 47.0 Å². The van der Waals surface area contributed by atoms with Crippen molar-refractivity contribution >= 4 is 5.82 Å². The van der Waals surface area contributed by atoms with Crippen LogP contribution in [-0.4, -0.2) is 23.6 Å². The van der Waals surface area contributed by atoms with Gasteiger partial charge in [0.1, 0.15) is 11.9 Å². The van der Waals surface area contributed by atoms with E-state index in [4.69, 9.17) is 14.7 Å². The summed E-state index contributed by atoms with van der Waals surface area (Å²) in [7, 11) is 1.78. The van der Waals surface area contributed by atoms with Gasteiger partial charge in [-0.3, -0.25) is 0 Å². The quantitative estimate of drug-likeness (QED) is 0.855. The lowest BCUT2D eigenvalue weighted by atomic mass is 10.2. The van der Waals surface area contributed by atoms with Crippen LogP contribution in [0.25, 0.3) is 0 Å². The molecule has 104 valence electrons. The molecule has 0 saturated heterocycles. The molecular formula is C15H23N3O. The summed E-state index contributed by atoms with van der Waals surface area (Å²) in [6.45, 7) is 3.15. The van der Waals surface area contributed by atoms with E-state index >= 15 is 0 Å². The number of nitrogens with zero attached hydrogens (tertiary/aromatic N) is 2. The summed E-state index contributed by atoms with van der Waals surface area (Å²) < 4.78 is 5.63. The number of hydrogen-bond donors (Lipinski definition) is 1. The first-order valence-corrected chi connectivity index (χ1v) is 7.49. The SMILES string of the molecule is CCCNc1nc(C(OC)C2CC2)nc2c1CCC2. The third-order valence-corrected chi connectivity index (χ3v) is 4.05. The van der Waals surface area contributed by atoms with Gasteiger partial charge >= 0.3 is 0 Å². The maximum atomic E-state index is 5.63. The fourth-order valence-electron chi connectivity index (χ4n) is 2.88. The molecule has 2 aliphatic rings. The fourth-order valence-corrected chi connectivity index (χ4v) is 2.88. The Labute approximate surface area is 115 Å². The number of fused-ring (bicyclic) bond motifs is 1. The summed E-state index contributed by atoms with van der Waals surface area (Å²) in [6, 6.07) is 0. The van der Waals surface area contributed by atoms with E-state index in [1.165, 1.54) is 30.5 Å². The van der Waals surface area contributed by atoms with Crippen molar-refractivity contribution in [2.24, 2.45) is 5.92 Å². The number of nitrogens with one attached hydrogen (secondary N) is 1. The van der Waals surface area contributed by atoms with Crippen molar-refractivity contribution in [2.75, 3.05) is 19.0 Å². The molecule has 0 aliphatic heterocycles. The summed E-state index contributed by atoms with van der Waals surface area (Å²) in [6.07, 6.45) is 7.11. The molecule has 1 atom stereocenters. The second kappa shape index (κ2) is 5.45. The van der Waals surface area contributed by atoms with E-state index in [0.717, 1.165) is 37.4 Å². The van der Waals surface area contributed by atoms with E-state index in [2.05, 4.69) is 12.2 Å². The number of rotatable bonds is 6. The molecule has 0 bridgehead atoms. The summed E-state index contributed by atoms with van der Waals surface area (Å²) in [5.74, 6) is 2.58.